The van der Waals surface area contributed by atoms with E-state index in [2.05, 4.69) is 31.3 Å². The number of urea groups is 1. The predicted octanol–water partition coefficient (Wildman–Crippen LogP) is 5.93. The number of benzene rings is 2. The van der Waals surface area contributed by atoms with E-state index >= 15 is 0 Å². The number of ether oxygens (including phenoxy) is 1. The summed E-state index contributed by atoms with van der Waals surface area (Å²) >= 11 is 1.69. The monoisotopic (exact) mass is 479 g/mol. The summed E-state index contributed by atoms with van der Waals surface area (Å²) in [5, 5.41) is 2.91. The Morgan fingerprint density at radius 3 is 2.44 bits per heavy atom. The molecule has 1 N–H and O–H groups in total. The van der Waals surface area contributed by atoms with Gasteiger partial charge in [0.25, 0.3) is 0 Å². The molecule has 0 saturated heterocycles. The van der Waals surface area contributed by atoms with E-state index in [9.17, 15) is 9.59 Å². The Balaban J connectivity index is 1.75. The number of amides is 3. The van der Waals surface area contributed by atoms with Gasteiger partial charge in [0.15, 0.2) is 0 Å². The molecule has 3 amide bonds. The molecule has 2 aromatic carbocycles. The largest absolute Gasteiger partial charge is 0.497 e. The highest BCUT2D eigenvalue weighted by molar-refractivity contribution is 7.11. The van der Waals surface area contributed by atoms with Crippen LogP contribution in [0.1, 0.15) is 35.1 Å². The number of methoxy groups -OCH3 is 1. The molecular weight excluding hydrogens is 446 g/mol. The van der Waals surface area contributed by atoms with Gasteiger partial charge in [0.2, 0.25) is 5.91 Å². The zero-order valence-electron chi connectivity index (χ0n) is 20.1. The Labute approximate surface area is 206 Å². The van der Waals surface area contributed by atoms with E-state index in [1.807, 2.05) is 47.4 Å². The maximum absolute atomic E-state index is 13.5. The van der Waals surface area contributed by atoms with Crippen LogP contribution in [0.3, 0.4) is 0 Å². The second-order valence-electron chi connectivity index (χ2n) is 8.18. The molecule has 3 aromatic rings. The summed E-state index contributed by atoms with van der Waals surface area (Å²) in [5.41, 5.74) is 1.69. The average Bonchev–Trinajstić information content (AvgIpc) is 3.26. The summed E-state index contributed by atoms with van der Waals surface area (Å²) in [6.07, 6.45) is 1.75. The zero-order chi connectivity index (χ0) is 24.3. The smallest absolute Gasteiger partial charge is 0.322 e. The third-order valence-electron chi connectivity index (χ3n) is 5.43. The number of aryl methyl sites for hydroxylation is 1. The van der Waals surface area contributed by atoms with Crippen molar-refractivity contribution in [3.63, 3.8) is 0 Å². The summed E-state index contributed by atoms with van der Waals surface area (Å²) in [4.78, 5) is 32.4. The Morgan fingerprint density at radius 1 is 0.971 bits per heavy atom. The molecule has 0 aliphatic carbocycles. The van der Waals surface area contributed by atoms with Crippen LogP contribution in [0.15, 0.2) is 66.7 Å². The molecule has 7 heteroatoms. The first kappa shape index (κ1) is 25.3. The van der Waals surface area contributed by atoms with E-state index in [1.54, 1.807) is 35.5 Å². The molecule has 0 aliphatic heterocycles. The highest BCUT2D eigenvalue weighted by atomic mass is 32.1. The average molecular weight is 480 g/mol. The van der Waals surface area contributed by atoms with Gasteiger partial charge in [0.1, 0.15) is 12.3 Å². The van der Waals surface area contributed by atoms with Crippen LogP contribution in [0.5, 0.6) is 5.75 Å². The molecule has 1 aromatic heterocycles. The molecule has 0 saturated carbocycles. The highest BCUT2D eigenvalue weighted by Gasteiger charge is 2.22. The molecule has 0 fully saturated rings. The van der Waals surface area contributed by atoms with E-state index in [0.717, 1.165) is 23.3 Å². The number of carbonyl (C=O) groups is 2. The zero-order valence-corrected chi connectivity index (χ0v) is 20.9. The minimum atomic E-state index is -0.290. The second kappa shape index (κ2) is 12.8. The van der Waals surface area contributed by atoms with Gasteiger partial charge in [-0.25, -0.2) is 4.79 Å². The van der Waals surface area contributed by atoms with Gasteiger partial charge in [-0.2, -0.15) is 0 Å². The minimum Gasteiger partial charge on any atom is -0.497 e. The number of carbonyl (C=O) groups excluding carboxylic acids is 2. The third kappa shape index (κ3) is 7.63. The highest BCUT2D eigenvalue weighted by Crippen LogP contribution is 2.20. The fraction of sp³-hybridized carbons (Fsp3) is 0.333. The van der Waals surface area contributed by atoms with Crippen LogP contribution in [0.25, 0.3) is 0 Å². The number of nitrogens with zero attached hydrogens (tertiary/aromatic N) is 2. The van der Waals surface area contributed by atoms with Crippen molar-refractivity contribution in [3.8, 4) is 5.75 Å². The number of rotatable bonds is 11. The van der Waals surface area contributed by atoms with Crippen LogP contribution in [0.2, 0.25) is 0 Å². The predicted molar refractivity (Wildman–Crippen MR) is 138 cm³/mol. The van der Waals surface area contributed by atoms with E-state index in [-0.39, 0.29) is 18.5 Å². The van der Waals surface area contributed by atoms with Crippen molar-refractivity contribution in [1.82, 2.24) is 9.80 Å². The number of thiophene rings is 1. The van der Waals surface area contributed by atoms with Crippen molar-refractivity contribution < 1.29 is 14.3 Å². The summed E-state index contributed by atoms with van der Waals surface area (Å²) < 4.78 is 5.25. The molecule has 0 unspecified atom stereocenters. The quantitative estimate of drug-likeness (QED) is 0.371. The van der Waals surface area contributed by atoms with E-state index in [4.69, 9.17) is 4.74 Å². The first-order chi connectivity index (χ1) is 16.5. The number of unbranched alkanes of at least 4 members (excludes halogenated alkanes) is 1. The SMILES string of the molecule is CCCCN(CC(=O)N(Cc1ccccc1)Cc1ccc(C)s1)C(=O)Nc1cccc(OC)c1. The van der Waals surface area contributed by atoms with Gasteiger partial charge in [-0.15, -0.1) is 11.3 Å². The van der Waals surface area contributed by atoms with E-state index in [0.29, 0.717) is 31.1 Å². The number of hydrogen-bond acceptors (Lipinski definition) is 4. The van der Waals surface area contributed by atoms with Crippen molar-refractivity contribution in [2.75, 3.05) is 25.5 Å². The van der Waals surface area contributed by atoms with Gasteiger partial charge in [-0.1, -0.05) is 49.7 Å². The number of anilines is 1. The van der Waals surface area contributed by atoms with Gasteiger partial charge >= 0.3 is 6.03 Å². The van der Waals surface area contributed by atoms with Gasteiger partial charge in [-0.05, 0) is 43.2 Å². The van der Waals surface area contributed by atoms with Gasteiger partial charge in [-0.3, -0.25) is 4.79 Å². The van der Waals surface area contributed by atoms with Crippen LogP contribution in [0.4, 0.5) is 10.5 Å². The lowest BCUT2D eigenvalue weighted by Gasteiger charge is -2.28. The van der Waals surface area contributed by atoms with Crippen molar-refractivity contribution in [2.45, 2.75) is 39.8 Å². The van der Waals surface area contributed by atoms with Crippen LogP contribution in [-0.2, 0) is 17.9 Å². The first-order valence-electron chi connectivity index (χ1n) is 11.6. The number of hydrogen-bond donors (Lipinski definition) is 1. The van der Waals surface area contributed by atoms with Crippen LogP contribution < -0.4 is 10.1 Å². The van der Waals surface area contributed by atoms with Gasteiger partial charge in [0, 0.05) is 34.6 Å². The molecule has 0 radical (unpaired) electrons. The van der Waals surface area contributed by atoms with Crippen molar-refractivity contribution in [1.29, 1.82) is 0 Å². The fourth-order valence-electron chi connectivity index (χ4n) is 3.56. The second-order valence-corrected chi connectivity index (χ2v) is 9.56. The van der Waals surface area contributed by atoms with Crippen molar-refractivity contribution in [3.05, 3.63) is 82.0 Å². The summed E-state index contributed by atoms with van der Waals surface area (Å²) in [6.45, 7) is 5.68. The molecule has 34 heavy (non-hydrogen) atoms. The van der Waals surface area contributed by atoms with Crippen molar-refractivity contribution in [2.24, 2.45) is 0 Å². The van der Waals surface area contributed by atoms with Gasteiger partial charge < -0.3 is 19.9 Å². The van der Waals surface area contributed by atoms with Gasteiger partial charge in [0.05, 0.1) is 13.7 Å². The lowest BCUT2D eigenvalue weighted by Crippen LogP contribution is -2.44. The summed E-state index contributed by atoms with van der Waals surface area (Å²) in [5.74, 6) is 0.584. The Bertz CT molecular complexity index is 1070. The number of nitrogens with one attached hydrogen (secondary N) is 1. The minimum absolute atomic E-state index is 0.0208. The van der Waals surface area contributed by atoms with E-state index in [1.165, 1.54) is 4.88 Å². The van der Waals surface area contributed by atoms with Crippen LogP contribution >= 0.6 is 11.3 Å². The Morgan fingerprint density at radius 2 is 1.76 bits per heavy atom. The van der Waals surface area contributed by atoms with E-state index < -0.39 is 0 Å². The summed E-state index contributed by atoms with van der Waals surface area (Å²) in [7, 11) is 1.59. The molecule has 0 aliphatic rings. The summed E-state index contributed by atoms with van der Waals surface area (Å²) in [6, 6.07) is 21.0. The normalized spacial score (nSPS) is 10.6. The Kier molecular flexibility index (Phi) is 9.52. The fourth-order valence-corrected chi connectivity index (χ4v) is 4.47. The van der Waals surface area contributed by atoms with Crippen molar-refractivity contribution >= 4 is 29.0 Å². The molecule has 1 heterocycles. The third-order valence-corrected chi connectivity index (χ3v) is 6.41. The molecule has 0 bridgehead atoms. The topological polar surface area (TPSA) is 61.9 Å². The molecule has 0 spiro atoms. The Hall–Kier alpha value is -3.32. The maximum Gasteiger partial charge on any atom is 0.322 e. The molecule has 3 rings (SSSR count). The lowest BCUT2D eigenvalue weighted by atomic mass is 10.2. The van der Waals surface area contributed by atoms with Crippen LogP contribution in [-0.4, -0.2) is 41.9 Å². The molecular formula is C27H33N3O3S. The first-order valence-corrected chi connectivity index (χ1v) is 12.4. The lowest BCUT2D eigenvalue weighted by molar-refractivity contribution is -0.133. The molecule has 180 valence electrons. The molecule has 0 atom stereocenters. The van der Waals surface area contributed by atoms with Crippen LogP contribution in [0, 0.1) is 6.92 Å². The molecule has 6 nitrogen and oxygen atoms in total. The standard InChI is InChI=1S/C27H33N3O3S/c1-4-5-16-29(27(32)28-23-12-9-13-24(17-23)33-3)20-26(31)30(18-22-10-7-6-8-11-22)19-25-15-14-21(2)34-25/h6-15,17H,4-5,16,18-20H2,1-3H3,(H,28,32). The maximum atomic E-state index is 13.5.